The molecule has 0 amide bonds. The van der Waals surface area contributed by atoms with Gasteiger partial charge in [0.05, 0.1) is 0 Å². The average molecular weight is 430 g/mol. The number of rotatable bonds is 5. The lowest BCUT2D eigenvalue weighted by Gasteiger charge is -2.29. The molecule has 0 aliphatic carbocycles. The minimum absolute atomic E-state index is 0.00484. The Morgan fingerprint density at radius 1 is 1.10 bits per heavy atom. The Morgan fingerprint density at radius 3 is 2.47 bits per heavy atom. The highest BCUT2D eigenvalue weighted by atomic mass is 32.2. The summed E-state index contributed by atoms with van der Waals surface area (Å²) >= 11 is 0. The first kappa shape index (κ1) is 20.7. The summed E-state index contributed by atoms with van der Waals surface area (Å²) < 4.78 is 46.4. The fraction of sp³-hybridized carbons (Fsp3) is 0.364. The Kier molecular flexibility index (Phi) is 5.71. The molecule has 2 heterocycles. The molecule has 2 aromatic carbocycles. The largest absolute Gasteiger partial charge is 0.339 e. The van der Waals surface area contributed by atoms with E-state index in [1.165, 1.54) is 28.1 Å². The second kappa shape index (κ2) is 8.28. The summed E-state index contributed by atoms with van der Waals surface area (Å²) in [6.45, 7) is 4.66. The molecule has 30 heavy (non-hydrogen) atoms. The Balaban J connectivity index is 1.45. The Bertz CT molecular complexity index is 1140. The topological polar surface area (TPSA) is 76.3 Å². The summed E-state index contributed by atoms with van der Waals surface area (Å²) in [6.07, 6.45) is 1.10. The van der Waals surface area contributed by atoms with Gasteiger partial charge in [-0.3, -0.25) is 0 Å². The van der Waals surface area contributed by atoms with E-state index in [1.54, 1.807) is 0 Å². The van der Waals surface area contributed by atoms with Gasteiger partial charge in [0, 0.05) is 24.9 Å². The van der Waals surface area contributed by atoms with E-state index in [0.29, 0.717) is 24.6 Å². The lowest BCUT2D eigenvalue weighted by Crippen LogP contribution is -2.38. The van der Waals surface area contributed by atoms with E-state index in [9.17, 15) is 12.8 Å². The molecule has 3 aromatic rings. The first-order valence-electron chi connectivity index (χ1n) is 10.0. The number of hydrogen-bond donors (Lipinski definition) is 0. The van der Waals surface area contributed by atoms with Gasteiger partial charge in [0.2, 0.25) is 15.9 Å². The predicted octanol–water partition coefficient (Wildman–Crippen LogP) is 4.24. The molecule has 158 valence electrons. The molecular weight excluding hydrogens is 405 g/mol. The lowest BCUT2D eigenvalue weighted by atomic mass is 9.95. The lowest BCUT2D eigenvalue weighted by molar-refractivity contribution is 0.269. The first-order valence-corrected chi connectivity index (χ1v) is 11.5. The zero-order valence-corrected chi connectivity index (χ0v) is 17.8. The summed E-state index contributed by atoms with van der Waals surface area (Å²) in [5.74, 6) is 0.424. The SMILES string of the molecule is Cc1ccccc1[C@H](C)c1noc(C2CCN(S(=O)(=O)c3ccccc3F)CC2)n1. The van der Waals surface area contributed by atoms with E-state index < -0.39 is 15.8 Å². The molecule has 0 unspecified atom stereocenters. The Hall–Kier alpha value is -2.58. The van der Waals surface area contributed by atoms with Crippen molar-refractivity contribution < 1.29 is 17.3 Å². The van der Waals surface area contributed by atoms with Crippen molar-refractivity contribution in [2.45, 2.75) is 43.4 Å². The number of nitrogens with zero attached hydrogens (tertiary/aromatic N) is 3. The molecule has 0 saturated carbocycles. The third-order valence-electron chi connectivity index (χ3n) is 5.76. The van der Waals surface area contributed by atoms with Gasteiger partial charge in [0.1, 0.15) is 10.7 Å². The van der Waals surface area contributed by atoms with Crippen LogP contribution in [0.1, 0.15) is 54.4 Å². The molecule has 1 aliphatic heterocycles. The highest BCUT2D eigenvalue weighted by Gasteiger charge is 2.33. The van der Waals surface area contributed by atoms with E-state index in [-0.39, 0.29) is 29.8 Å². The summed E-state index contributed by atoms with van der Waals surface area (Å²) in [5.41, 5.74) is 2.32. The van der Waals surface area contributed by atoms with Gasteiger partial charge in [0.25, 0.3) is 0 Å². The number of aryl methyl sites for hydroxylation is 1. The van der Waals surface area contributed by atoms with E-state index in [0.717, 1.165) is 11.6 Å². The predicted molar refractivity (Wildman–Crippen MR) is 110 cm³/mol. The standard InChI is InChI=1S/C22H24FN3O3S/c1-15-7-3-4-8-18(15)16(2)21-24-22(29-25-21)17-11-13-26(14-12-17)30(27,28)20-10-6-5-9-19(20)23/h3-10,16-17H,11-14H2,1-2H3/t16-/m0/s1. The normalized spacial score (nSPS) is 17.2. The summed E-state index contributed by atoms with van der Waals surface area (Å²) in [5, 5.41) is 4.17. The van der Waals surface area contributed by atoms with Crippen molar-refractivity contribution in [3.63, 3.8) is 0 Å². The molecule has 6 nitrogen and oxygen atoms in total. The molecule has 8 heteroatoms. The van der Waals surface area contributed by atoms with E-state index in [2.05, 4.69) is 29.2 Å². The maximum Gasteiger partial charge on any atom is 0.245 e. The highest BCUT2D eigenvalue weighted by Crippen LogP contribution is 2.32. The monoisotopic (exact) mass is 429 g/mol. The summed E-state index contributed by atoms with van der Waals surface area (Å²) in [7, 11) is -3.86. The van der Waals surface area contributed by atoms with Gasteiger partial charge >= 0.3 is 0 Å². The molecule has 0 spiro atoms. The summed E-state index contributed by atoms with van der Waals surface area (Å²) in [4.78, 5) is 4.32. The average Bonchev–Trinajstić information content (AvgIpc) is 3.24. The smallest absolute Gasteiger partial charge is 0.245 e. The zero-order valence-electron chi connectivity index (χ0n) is 17.0. The van der Waals surface area contributed by atoms with Gasteiger partial charge in [-0.15, -0.1) is 0 Å². The molecule has 1 aromatic heterocycles. The van der Waals surface area contributed by atoms with Crippen LogP contribution in [0.2, 0.25) is 0 Å². The first-order chi connectivity index (χ1) is 14.4. The van der Waals surface area contributed by atoms with Crippen LogP contribution in [0.3, 0.4) is 0 Å². The maximum absolute atomic E-state index is 14.0. The van der Waals surface area contributed by atoms with Crippen LogP contribution in [0.25, 0.3) is 0 Å². The van der Waals surface area contributed by atoms with Crippen molar-refractivity contribution in [3.8, 4) is 0 Å². The van der Waals surface area contributed by atoms with Crippen molar-refractivity contribution in [3.05, 3.63) is 77.2 Å². The number of aromatic nitrogens is 2. The third-order valence-corrected chi connectivity index (χ3v) is 7.69. The van der Waals surface area contributed by atoms with Crippen LogP contribution in [0.5, 0.6) is 0 Å². The molecule has 0 bridgehead atoms. The quantitative estimate of drug-likeness (QED) is 0.606. The highest BCUT2D eigenvalue weighted by molar-refractivity contribution is 7.89. The van der Waals surface area contributed by atoms with Gasteiger partial charge in [-0.2, -0.15) is 9.29 Å². The zero-order chi connectivity index (χ0) is 21.3. The molecule has 1 fully saturated rings. The molecule has 1 saturated heterocycles. The second-order valence-electron chi connectivity index (χ2n) is 7.68. The van der Waals surface area contributed by atoms with Crippen molar-refractivity contribution in [2.75, 3.05) is 13.1 Å². The van der Waals surface area contributed by atoms with E-state index >= 15 is 0 Å². The maximum atomic E-state index is 14.0. The number of halogens is 1. The number of hydrogen-bond acceptors (Lipinski definition) is 5. The van der Waals surface area contributed by atoms with Gasteiger partial charge in [-0.25, -0.2) is 12.8 Å². The van der Waals surface area contributed by atoms with Crippen LogP contribution in [-0.2, 0) is 10.0 Å². The van der Waals surface area contributed by atoms with Crippen LogP contribution < -0.4 is 0 Å². The van der Waals surface area contributed by atoms with Gasteiger partial charge < -0.3 is 4.52 Å². The van der Waals surface area contributed by atoms with Gasteiger partial charge in [-0.05, 0) is 43.0 Å². The van der Waals surface area contributed by atoms with Crippen molar-refractivity contribution in [1.82, 2.24) is 14.4 Å². The van der Waals surface area contributed by atoms with E-state index in [1.807, 2.05) is 19.1 Å². The van der Waals surface area contributed by atoms with Crippen LogP contribution in [0.15, 0.2) is 57.9 Å². The van der Waals surface area contributed by atoms with Crippen LogP contribution in [-0.4, -0.2) is 36.0 Å². The van der Waals surface area contributed by atoms with Crippen molar-refractivity contribution >= 4 is 10.0 Å². The Morgan fingerprint density at radius 2 is 1.77 bits per heavy atom. The molecule has 4 rings (SSSR count). The fourth-order valence-electron chi connectivity index (χ4n) is 3.94. The van der Waals surface area contributed by atoms with Crippen LogP contribution >= 0.6 is 0 Å². The molecule has 0 radical (unpaired) electrons. The number of benzene rings is 2. The molecule has 1 atom stereocenters. The molecule has 1 aliphatic rings. The summed E-state index contributed by atoms with van der Waals surface area (Å²) in [6, 6.07) is 13.6. The van der Waals surface area contributed by atoms with Crippen molar-refractivity contribution in [1.29, 1.82) is 0 Å². The van der Waals surface area contributed by atoms with E-state index in [4.69, 9.17) is 4.52 Å². The van der Waals surface area contributed by atoms with Gasteiger partial charge in [0.15, 0.2) is 5.82 Å². The van der Waals surface area contributed by atoms with Gasteiger partial charge in [-0.1, -0.05) is 48.5 Å². The molecule has 0 N–H and O–H groups in total. The third kappa shape index (κ3) is 3.89. The number of piperidine rings is 1. The van der Waals surface area contributed by atoms with Crippen LogP contribution in [0.4, 0.5) is 4.39 Å². The van der Waals surface area contributed by atoms with Crippen LogP contribution in [0, 0.1) is 12.7 Å². The minimum Gasteiger partial charge on any atom is -0.339 e. The molecular formula is C22H24FN3O3S. The fourth-order valence-corrected chi connectivity index (χ4v) is 5.47. The minimum atomic E-state index is -3.86. The Labute approximate surface area is 175 Å². The number of sulfonamides is 1. The second-order valence-corrected chi connectivity index (χ2v) is 9.58. The van der Waals surface area contributed by atoms with Crippen molar-refractivity contribution in [2.24, 2.45) is 0 Å².